The number of amides is 1. The molecule has 0 unspecified atom stereocenters. The van der Waals surface area contributed by atoms with Gasteiger partial charge in [-0.25, -0.2) is 4.98 Å². The molecule has 2 aromatic heterocycles. The topological polar surface area (TPSA) is 122 Å². The molecule has 2 heterocycles. The molecule has 2 N–H and O–H groups in total. The van der Waals surface area contributed by atoms with Gasteiger partial charge in [-0.2, -0.15) is 10.2 Å². The van der Waals surface area contributed by atoms with Gasteiger partial charge in [-0.15, -0.1) is 0 Å². The number of anilines is 2. The summed E-state index contributed by atoms with van der Waals surface area (Å²) in [5, 5.41) is 16.3. The number of methoxy groups -OCH3 is 1. The zero-order chi connectivity index (χ0) is 29.7. The van der Waals surface area contributed by atoms with Gasteiger partial charge in [-0.3, -0.25) is 14.2 Å². The molecular weight excluding hydrogens is 540 g/mol. The predicted molar refractivity (Wildman–Crippen MR) is 162 cm³/mol. The van der Waals surface area contributed by atoms with Gasteiger partial charge in [-0.1, -0.05) is 50.6 Å². The smallest absolute Gasteiger partial charge is 0.265 e. The zero-order valence-electron chi connectivity index (χ0n) is 23.6. The normalized spacial score (nSPS) is 11.7. The number of benzene rings is 2. The predicted octanol–water partition coefficient (Wildman–Crippen LogP) is 5.84. The van der Waals surface area contributed by atoms with Gasteiger partial charge in [0.05, 0.1) is 12.7 Å². The van der Waals surface area contributed by atoms with E-state index in [4.69, 9.17) is 16.3 Å². The number of fused-ring (bicyclic) bond motifs is 1. The number of aryl methyl sites for hydroxylation is 2. The zero-order valence-corrected chi connectivity index (χ0v) is 24.3. The van der Waals surface area contributed by atoms with Crippen LogP contribution in [0.25, 0.3) is 22.2 Å². The quantitative estimate of drug-likeness (QED) is 0.201. The molecule has 4 rings (SSSR count). The summed E-state index contributed by atoms with van der Waals surface area (Å²) in [6, 6.07) is 16.2. The van der Waals surface area contributed by atoms with Gasteiger partial charge < -0.3 is 15.4 Å². The van der Waals surface area contributed by atoms with Crippen LogP contribution in [0.5, 0.6) is 5.75 Å². The minimum atomic E-state index is -0.471. The molecule has 0 spiro atoms. The first-order valence-corrected chi connectivity index (χ1v) is 13.4. The van der Waals surface area contributed by atoms with Crippen LogP contribution < -0.4 is 20.9 Å². The Balaban J connectivity index is 1.70. The van der Waals surface area contributed by atoms with Crippen LogP contribution in [0.1, 0.15) is 26.3 Å². The number of nitrogens with one attached hydrogen (secondary N) is 2. The average molecular weight is 571 g/mol. The fourth-order valence-corrected chi connectivity index (χ4v) is 4.57. The summed E-state index contributed by atoms with van der Waals surface area (Å²) in [7, 11) is 3.25. The first kappa shape index (κ1) is 29.3. The van der Waals surface area contributed by atoms with Crippen molar-refractivity contribution in [1.82, 2.24) is 14.5 Å². The molecule has 0 radical (unpaired) electrons. The highest BCUT2D eigenvalue weighted by atomic mass is 35.5. The van der Waals surface area contributed by atoms with Gasteiger partial charge in [0.25, 0.3) is 11.5 Å². The number of halogens is 1. The highest BCUT2D eigenvalue weighted by Crippen LogP contribution is 2.32. The summed E-state index contributed by atoms with van der Waals surface area (Å²) in [5.41, 5.74) is 2.37. The van der Waals surface area contributed by atoms with Gasteiger partial charge in [0.1, 0.15) is 23.0 Å². The Morgan fingerprint density at radius 3 is 2.63 bits per heavy atom. The summed E-state index contributed by atoms with van der Waals surface area (Å²) in [6.45, 7) is 6.07. The van der Waals surface area contributed by atoms with E-state index in [2.05, 4.69) is 20.6 Å². The van der Waals surface area contributed by atoms with Crippen LogP contribution >= 0.6 is 11.6 Å². The molecule has 0 aliphatic heterocycles. The van der Waals surface area contributed by atoms with Gasteiger partial charge in [0, 0.05) is 41.4 Å². The van der Waals surface area contributed by atoms with Crippen molar-refractivity contribution >= 4 is 40.2 Å². The molecule has 0 bridgehead atoms. The van der Waals surface area contributed by atoms with Gasteiger partial charge in [0.15, 0.2) is 0 Å². The van der Waals surface area contributed by atoms with Crippen molar-refractivity contribution in [3.63, 3.8) is 0 Å². The minimum Gasteiger partial charge on any atom is -0.496 e. The van der Waals surface area contributed by atoms with Crippen molar-refractivity contribution in [1.29, 1.82) is 5.26 Å². The number of carbonyl (C=O) groups is 1. The van der Waals surface area contributed by atoms with E-state index in [9.17, 15) is 14.9 Å². The largest absolute Gasteiger partial charge is 0.496 e. The van der Waals surface area contributed by atoms with Crippen LogP contribution in [0.3, 0.4) is 0 Å². The minimum absolute atomic E-state index is 0.0502. The second-order valence-corrected chi connectivity index (χ2v) is 11.0. The molecule has 1 amide bonds. The molecule has 9 nitrogen and oxygen atoms in total. The van der Waals surface area contributed by atoms with E-state index in [-0.39, 0.29) is 16.5 Å². The molecule has 0 saturated heterocycles. The maximum Gasteiger partial charge on any atom is 0.265 e. The molecule has 0 atom stereocenters. The highest BCUT2D eigenvalue weighted by Gasteiger charge is 2.18. The van der Waals surface area contributed by atoms with Gasteiger partial charge in [0.2, 0.25) is 5.95 Å². The number of ether oxygens (including phenoxy) is 1. The Morgan fingerprint density at radius 1 is 1.17 bits per heavy atom. The number of pyridine rings is 1. The monoisotopic (exact) mass is 570 g/mol. The Labute approximate surface area is 243 Å². The fraction of sp³-hybridized carbons (Fsp3) is 0.258. The van der Waals surface area contributed by atoms with Crippen molar-refractivity contribution in [3.8, 4) is 22.9 Å². The van der Waals surface area contributed by atoms with E-state index in [1.54, 1.807) is 61.3 Å². The second kappa shape index (κ2) is 12.2. The van der Waals surface area contributed by atoms with E-state index in [1.807, 2.05) is 45.0 Å². The fourth-order valence-electron chi connectivity index (χ4n) is 4.40. The van der Waals surface area contributed by atoms with Crippen molar-refractivity contribution in [2.75, 3.05) is 24.8 Å². The number of hydrogen-bond acceptors (Lipinski definition) is 7. The Bertz CT molecular complexity index is 1750. The average Bonchev–Trinajstić information content (AvgIpc) is 2.94. The molecule has 2 aromatic carbocycles. The molecule has 210 valence electrons. The third-order valence-electron chi connectivity index (χ3n) is 6.25. The standard InChI is InChI=1S/C31H31ClN6O3/c1-31(2,3)16-21(17-33)28(39)36-23-8-6-7-19(13-23)11-12-38-27-20(18-35-30(34-4)37-27)14-25(29(38)40)24-15-22(32)9-10-26(24)41-5/h6-10,13-16,18H,11-12H2,1-5H3,(H,36,39)(H,34,35,37). The third kappa shape index (κ3) is 6.91. The molecule has 4 aromatic rings. The first-order chi connectivity index (χ1) is 19.5. The molecule has 0 aliphatic rings. The first-order valence-electron chi connectivity index (χ1n) is 13.0. The SMILES string of the molecule is CNc1ncc2cc(-c3cc(Cl)ccc3OC)c(=O)n(CCc3cccc(NC(=O)C(C#N)=CC(C)(C)C)c3)c2n1. The summed E-state index contributed by atoms with van der Waals surface area (Å²) in [5.74, 6) is 0.437. The molecule has 10 heteroatoms. The van der Waals surface area contributed by atoms with Crippen LogP contribution in [0.2, 0.25) is 5.02 Å². The van der Waals surface area contributed by atoms with Crippen LogP contribution in [-0.2, 0) is 17.8 Å². The van der Waals surface area contributed by atoms with Crippen LogP contribution in [-0.4, -0.2) is 34.6 Å². The lowest BCUT2D eigenvalue weighted by atomic mass is 9.93. The van der Waals surface area contributed by atoms with Crippen molar-refractivity contribution in [2.45, 2.75) is 33.7 Å². The van der Waals surface area contributed by atoms with Crippen molar-refractivity contribution in [3.05, 3.63) is 87.3 Å². The Hall–Kier alpha value is -4.68. The molecule has 0 fully saturated rings. The maximum atomic E-state index is 13.9. The molecule has 0 aliphatic carbocycles. The lowest BCUT2D eigenvalue weighted by molar-refractivity contribution is -0.112. The second-order valence-electron chi connectivity index (χ2n) is 10.5. The Kier molecular flexibility index (Phi) is 8.74. The van der Waals surface area contributed by atoms with E-state index in [0.717, 1.165) is 5.56 Å². The highest BCUT2D eigenvalue weighted by molar-refractivity contribution is 6.31. The molecule has 0 saturated carbocycles. The number of carbonyl (C=O) groups excluding carboxylic acids is 1. The van der Waals surface area contributed by atoms with Crippen LogP contribution in [0.4, 0.5) is 11.6 Å². The van der Waals surface area contributed by atoms with E-state index >= 15 is 0 Å². The third-order valence-corrected chi connectivity index (χ3v) is 6.49. The lowest BCUT2D eigenvalue weighted by Crippen LogP contribution is -2.24. The van der Waals surface area contributed by atoms with Crippen molar-refractivity contribution in [2.24, 2.45) is 5.41 Å². The van der Waals surface area contributed by atoms with Gasteiger partial charge in [-0.05, 0) is 53.8 Å². The summed E-state index contributed by atoms with van der Waals surface area (Å²) >= 11 is 6.28. The van der Waals surface area contributed by atoms with E-state index < -0.39 is 5.91 Å². The van der Waals surface area contributed by atoms with Crippen LogP contribution in [0.15, 0.2) is 71.2 Å². The lowest BCUT2D eigenvalue weighted by Gasteiger charge is -2.15. The molecule has 41 heavy (non-hydrogen) atoms. The van der Waals surface area contributed by atoms with Crippen LogP contribution in [0, 0.1) is 16.7 Å². The summed E-state index contributed by atoms with van der Waals surface area (Å²) < 4.78 is 7.13. The maximum absolute atomic E-state index is 13.9. The number of nitrogens with zero attached hydrogens (tertiary/aromatic N) is 4. The Morgan fingerprint density at radius 2 is 1.95 bits per heavy atom. The number of aromatic nitrogens is 3. The number of hydrogen-bond donors (Lipinski definition) is 2. The van der Waals surface area contributed by atoms with Crippen molar-refractivity contribution < 1.29 is 9.53 Å². The summed E-state index contributed by atoms with van der Waals surface area (Å²) in [4.78, 5) is 35.5. The van der Waals surface area contributed by atoms with E-state index in [0.29, 0.717) is 57.5 Å². The summed E-state index contributed by atoms with van der Waals surface area (Å²) in [6.07, 6.45) is 3.78. The van der Waals surface area contributed by atoms with E-state index in [1.165, 1.54) is 0 Å². The molecular formula is C31H31ClN6O3. The number of rotatable bonds is 8. The number of allylic oxidation sites excluding steroid dienone is 1. The number of nitriles is 1. The van der Waals surface area contributed by atoms with Gasteiger partial charge >= 0.3 is 0 Å².